The molecular formula is C18H29N3O2S. The lowest BCUT2D eigenvalue weighted by atomic mass is 10.0. The van der Waals surface area contributed by atoms with Gasteiger partial charge in [0.05, 0.1) is 4.88 Å². The number of rotatable bonds is 8. The van der Waals surface area contributed by atoms with Crippen molar-refractivity contribution in [2.75, 3.05) is 19.6 Å². The van der Waals surface area contributed by atoms with Gasteiger partial charge in [-0.25, -0.2) is 0 Å². The Kier molecular flexibility index (Phi) is 7.72. The van der Waals surface area contributed by atoms with E-state index in [-0.39, 0.29) is 11.8 Å². The average molecular weight is 352 g/mol. The fraction of sp³-hybridized carbons (Fsp3) is 0.667. The van der Waals surface area contributed by atoms with Crippen molar-refractivity contribution < 1.29 is 9.59 Å². The van der Waals surface area contributed by atoms with Crippen LogP contribution in [0.25, 0.3) is 0 Å². The second-order valence-corrected chi connectivity index (χ2v) is 7.40. The first-order valence-electron chi connectivity index (χ1n) is 8.98. The van der Waals surface area contributed by atoms with E-state index < -0.39 is 6.04 Å². The van der Waals surface area contributed by atoms with Gasteiger partial charge in [-0.05, 0) is 50.7 Å². The number of nitrogens with zero attached hydrogens (tertiary/aromatic N) is 1. The zero-order valence-electron chi connectivity index (χ0n) is 14.7. The van der Waals surface area contributed by atoms with Gasteiger partial charge in [-0.1, -0.05) is 25.8 Å². The van der Waals surface area contributed by atoms with Gasteiger partial charge >= 0.3 is 0 Å². The minimum Gasteiger partial charge on any atom is -0.353 e. The molecule has 2 N–H and O–H groups in total. The van der Waals surface area contributed by atoms with E-state index in [4.69, 9.17) is 0 Å². The van der Waals surface area contributed by atoms with Gasteiger partial charge in [0.1, 0.15) is 6.04 Å². The van der Waals surface area contributed by atoms with Crippen LogP contribution in [0.3, 0.4) is 0 Å². The van der Waals surface area contributed by atoms with Gasteiger partial charge in [0.15, 0.2) is 0 Å². The van der Waals surface area contributed by atoms with Crippen molar-refractivity contribution in [3.05, 3.63) is 22.4 Å². The summed E-state index contributed by atoms with van der Waals surface area (Å²) in [6.07, 6.45) is 6.02. The Labute approximate surface area is 148 Å². The van der Waals surface area contributed by atoms with Gasteiger partial charge in [-0.15, -0.1) is 11.3 Å². The summed E-state index contributed by atoms with van der Waals surface area (Å²) < 4.78 is 0. The lowest BCUT2D eigenvalue weighted by molar-refractivity contribution is -0.122. The molecule has 2 unspecified atom stereocenters. The fourth-order valence-electron chi connectivity index (χ4n) is 3.06. The Balaban J connectivity index is 1.77. The third-order valence-electron chi connectivity index (χ3n) is 4.55. The predicted molar refractivity (Wildman–Crippen MR) is 98.4 cm³/mol. The molecule has 0 radical (unpaired) electrons. The van der Waals surface area contributed by atoms with Gasteiger partial charge in [0.2, 0.25) is 5.91 Å². The van der Waals surface area contributed by atoms with E-state index in [1.165, 1.54) is 37.0 Å². The monoisotopic (exact) mass is 351 g/mol. The van der Waals surface area contributed by atoms with Crippen LogP contribution in [-0.4, -0.2) is 48.4 Å². The maximum Gasteiger partial charge on any atom is 0.261 e. The first-order chi connectivity index (χ1) is 11.6. The van der Waals surface area contributed by atoms with E-state index in [2.05, 4.69) is 22.5 Å². The molecular weight excluding hydrogens is 322 g/mol. The van der Waals surface area contributed by atoms with Gasteiger partial charge < -0.3 is 10.6 Å². The highest BCUT2D eigenvalue weighted by Gasteiger charge is 2.23. The van der Waals surface area contributed by atoms with Crippen LogP contribution >= 0.6 is 11.3 Å². The number of nitrogens with one attached hydrogen (secondary N) is 2. The quantitative estimate of drug-likeness (QED) is 0.757. The Hall–Kier alpha value is -1.40. The van der Waals surface area contributed by atoms with Crippen LogP contribution in [-0.2, 0) is 4.79 Å². The van der Waals surface area contributed by atoms with Crippen molar-refractivity contribution >= 4 is 23.2 Å². The zero-order valence-corrected chi connectivity index (χ0v) is 15.5. The standard InChI is InChI=1S/C18H29N3O2S/c1-3-4-10-21-11-6-5-8-15(21)13-19-17(22)14(2)20-18(23)16-9-7-12-24-16/h7,9,12,14-15H,3-6,8,10-11,13H2,1-2H3,(H,19,22)(H,20,23). The SMILES string of the molecule is CCCCN1CCCCC1CNC(=O)C(C)NC(=O)c1cccs1. The summed E-state index contributed by atoms with van der Waals surface area (Å²) in [7, 11) is 0. The molecule has 5 nitrogen and oxygen atoms in total. The third-order valence-corrected chi connectivity index (χ3v) is 5.41. The van der Waals surface area contributed by atoms with E-state index in [1.54, 1.807) is 13.0 Å². The maximum absolute atomic E-state index is 12.3. The third kappa shape index (κ3) is 5.60. The second-order valence-electron chi connectivity index (χ2n) is 6.46. The van der Waals surface area contributed by atoms with E-state index in [0.717, 1.165) is 19.5 Å². The van der Waals surface area contributed by atoms with E-state index in [0.29, 0.717) is 17.5 Å². The molecule has 1 aliphatic rings. The number of amides is 2. The average Bonchev–Trinajstić information content (AvgIpc) is 3.13. The van der Waals surface area contributed by atoms with Crippen molar-refractivity contribution in [3.8, 4) is 0 Å². The lowest BCUT2D eigenvalue weighted by Crippen LogP contribution is -2.51. The molecule has 1 aromatic heterocycles. The minimum absolute atomic E-state index is 0.110. The first kappa shape index (κ1) is 18.9. The molecule has 6 heteroatoms. The normalized spacial score (nSPS) is 19.7. The van der Waals surface area contributed by atoms with Crippen LogP contribution in [0.1, 0.15) is 55.6 Å². The molecule has 134 valence electrons. The molecule has 1 aromatic rings. The van der Waals surface area contributed by atoms with Crippen LogP contribution in [0.15, 0.2) is 17.5 Å². The molecule has 1 aliphatic heterocycles. The van der Waals surface area contributed by atoms with Gasteiger partial charge in [-0.3, -0.25) is 14.5 Å². The Morgan fingerprint density at radius 2 is 2.25 bits per heavy atom. The molecule has 0 spiro atoms. The van der Waals surface area contributed by atoms with Crippen LogP contribution in [0.4, 0.5) is 0 Å². The molecule has 1 saturated heterocycles. The second kappa shape index (κ2) is 9.79. The molecule has 2 amide bonds. The minimum atomic E-state index is -0.521. The highest BCUT2D eigenvalue weighted by atomic mass is 32.1. The number of piperidine rings is 1. The van der Waals surface area contributed by atoms with Crippen molar-refractivity contribution in [3.63, 3.8) is 0 Å². The Bertz CT molecular complexity index is 518. The summed E-state index contributed by atoms with van der Waals surface area (Å²) in [6, 6.07) is 3.50. The topological polar surface area (TPSA) is 61.4 Å². The molecule has 1 fully saturated rings. The number of hydrogen-bond donors (Lipinski definition) is 2. The molecule has 0 saturated carbocycles. The molecule has 0 bridgehead atoms. The summed E-state index contributed by atoms with van der Waals surface area (Å²) in [5, 5.41) is 7.63. The Morgan fingerprint density at radius 3 is 2.96 bits per heavy atom. The smallest absolute Gasteiger partial charge is 0.261 e. The van der Waals surface area contributed by atoms with Gasteiger partial charge in [0, 0.05) is 12.6 Å². The van der Waals surface area contributed by atoms with Crippen LogP contribution in [0.5, 0.6) is 0 Å². The molecule has 2 heterocycles. The number of carbonyl (C=O) groups is 2. The highest BCUT2D eigenvalue weighted by Crippen LogP contribution is 2.17. The predicted octanol–water partition coefficient (Wildman–Crippen LogP) is 2.64. The summed E-state index contributed by atoms with van der Waals surface area (Å²) in [5.41, 5.74) is 0. The van der Waals surface area contributed by atoms with Gasteiger partial charge in [0.25, 0.3) is 5.91 Å². The maximum atomic E-state index is 12.3. The summed E-state index contributed by atoms with van der Waals surface area (Å²) in [5.74, 6) is -0.296. The van der Waals surface area contributed by atoms with Crippen LogP contribution < -0.4 is 10.6 Å². The number of unbranched alkanes of at least 4 members (excludes halogenated alkanes) is 1. The van der Waals surface area contributed by atoms with Crippen molar-refractivity contribution in [2.45, 2.75) is 58.0 Å². The number of hydrogen-bond acceptors (Lipinski definition) is 4. The molecule has 0 aliphatic carbocycles. The Morgan fingerprint density at radius 1 is 1.42 bits per heavy atom. The zero-order chi connectivity index (χ0) is 17.4. The largest absolute Gasteiger partial charge is 0.353 e. The molecule has 24 heavy (non-hydrogen) atoms. The lowest BCUT2D eigenvalue weighted by Gasteiger charge is -2.36. The molecule has 2 atom stereocenters. The van der Waals surface area contributed by atoms with E-state index in [1.807, 2.05) is 11.4 Å². The summed E-state index contributed by atoms with van der Waals surface area (Å²) >= 11 is 1.38. The van der Waals surface area contributed by atoms with Crippen molar-refractivity contribution in [1.29, 1.82) is 0 Å². The number of carbonyl (C=O) groups excluding carboxylic acids is 2. The number of likely N-dealkylation sites (tertiary alicyclic amines) is 1. The summed E-state index contributed by atoms with van der Waals surface area (Å²) in [6.45, 7) is 6.85. The fourth-order valence-corrected chi connectivity index (χ4v) is 3.69. The van der Waals surface area contributed by atoms with E-state index >= 15 is 0 Å². The van der Waals surface area contributed by atoms with Crippen molar-refractivity contribution in [1.82, 2.24) is 15.5 Å². The highest BCUT2D eigenvalue weighted by molar-refractivity contribution is 7.12. The van der Waals surface area contributed by atoms with Crippen molar-refractivity contribution in [2.24, 2.45) is 0 Å². The molecule has 0 aromatic carbocycles. The van der Waals surface area contributed by atoms with Crippen LogP contribution in [0.2, 0.25) is 0 Å². The number of thiophene rings is 1. The van der Waals surface area contributed by atoms with Crippen LogP contribution in [0, 0.1) is 0 Å². The van der Waals surface area contributed by atoms with Gasteiger partial charge in [-0.2, -0.15) is 0 Å². The van der Waals surface area contributed by atoms with E-state index in [9.17, 15) is 9.59 Å². The summed E-state index contributed by atoms with van der Waals surface area (Å²) in [4.78, 5) is 27.4. The first-order valence-corrected chi connectivity index (χ1v) is 9.86. The molecule has 2 rings (SSSR count).